The first-order chi connectivity index (χ1) is 14.9. The average molecular weight is 450 g/mol. The van der Waals surface area contributed by atoms with E-state index in [1.54, 1.807) is 24.3 Å². The molecular formula is C23H32FN3O3S. The summed E-state index contributed by atoms with van der Waals surface area (Å²) < 4.78 is 40.0. The van der Waals surface area contributed by atoms with Gasteiger partial charge in [0.05, 0.1) is 4.90 Å². The van der Waals surface area contributed by atoms with Gasteiger partial charge in [-0.3, -0.25) is 4.79 Å². The molecule has 0 aliphatic heterocycles. The number of carbonyl (C=O) groups is 1. The van der Waals surface area contributed by atoms with Crippen LogP contribution in [0, 0.1) is 5.82 Å². The van der Waals surface area contributed by atoms with Crippen molar-refractivity contribution in [1.82, 2.24) is 14.9 Å². The third-order valence-electron chi connectivity index (χ3n) is 5.02. The van der Waals surface area contributed by atoms with Gasteiger partial charge < -0.3 is 10.2 Å². The van der Waals surface area contributed by atoms with Crippen LogP contribution >= 0.6 is 0 Å². The first kappa shape index (κ1) is 25.0. The van der Waals surface area contributed by atoms with E-state index in [1.807, 2.05) is 0 Å². The topological polar surface area (TPSA) is 78.5 Å². The van der Waals surface area contributed by atoms with E-state index >= 15 is 0 Å². The Bertz CT molecular complexity index is 916. The number of hydrogen-bond donors (Lipinski definition) is 2. The molecule has 0 saturated carbocycles. The molecular weight excluding hydrogens is 417 g/mol. The number of benzene rings is 2. The molecule has 0 heterocycles. The highest BCUT2D eigenvalue weighted by atomic mass is 32.2. The molecule has 6 nitrogen and oxygen atoms in total. The SMILES string of the molecule is CCCCN(CC)CCCNC(=O)c1ccc(CNS(=O)(=O)c2ccc(F)cc2)cc1. The number of nitrogens with zero attached hydrogens (tertiary/aromatic N) is 1. The maximum absolute atomic E-state index is 13.0. The predicted molar refractivity (Wildman–Crippen MR) is 121 cm³/mol. The van der Waals surface area contributed by atoms with E-state index in [9.17, 15) is 17.6 Å². The lowest BCUT2D eigenvalue weighted by molar-refractivity contribution is 0.0951. The number of carbonyl (C=O) groups excluding carboxylic acids is 1. The Morgan fingerprint density at radius 2 is 1.61 bits per heavy atom. The number of nitrogens with one attached hydrogen (secondary N) is 2. The number of amides is 1. The van der Waals surface area contributed by atoms with Gasteiger partial charge in [0.2, 0.25) is 10.0 Å². The lowest BCUT2D eigenvalue weighted by Gasteiger charge is -2.19. The van der Waals surface area contributed by atoms with Gasteiger partial charge in [-0.1, -0.05) is 32.4 Å². The van der Waals surface area contributed by atoms with Crippen molar-refractivity contribution in [3.8, 4) is 0 Å². The molecule has 170 valence electrons. The quantitative estimate of drug-likeness (QED) is 0.459. The summed E-state index contributed by atoms with van der Waals surface area (Å²) in [7, 11) is -3.73. The predicted octanol–water partition coefficient (Wildman–Crippen LogP) is 3.55. The van der Waals surface area contributed by atoms with Crippen molar-refractivity contribution in [3.63, 3.8) is 0 Å². The van der Waals surface area contributed by atoms with Crippen LogP contribution in [0.4, 0.5) is 4.39 Å². The van der Waals surface area contributed by atoms with Crippen LogP contribution in [0.1, 0.15) is 49.0 Å². The summed E-state index contributed by atoms with van der Waals surface area (Å²) in [5.41, 5.74) is 1.25. The van der Waals surface area contributed by atoms with Crippen molar-refractivity contribution < 1.29 is 17.6 Å². The average Bonchev–Trinajstić information content (AvgIpc) is 2.78. The molecule has 0 bridgehead atoms. The summed E-state index contributed by atoms with van der Waals surface area (Å²) in [5.74, 6) is -0.637. The third kappa shape index (κ3) is 8.40. The van der Waals surface area contributed by atoms with Gasteiger partial charge in [0, 0.05) is 18.7 Å². The molecule has 31 heavy (non-hydrogen) atoms. The summed E-state index contributed by atoms with van der Waals surface area (Å²) in [6.45, 7) is 8.08. The fourth-order valence-electron chi connectivity index (χ4n) is 3.07. The Morgan fingerprint density at radius 3 is 2.23 bits per heavy atom. The Hall–Kier alpha value is -2.29. The van der Waals surface area contributed by atoms with Crippen LogP contribution in [0.25, 0.3) is 0 Å². The lowest BCUT2D eigenvalue weighted by Crippen LogP contribution is -2.30. The van der Waals surface area contributed by atoms with Gasteiger partial charge in [-0.2, -0.15) is 0 Å². The van der Waals surface area contributed by atoms with Crippen LogP contribution in [-0.2, 0) is 16.6 Å². The molecule has 0 atom stereocenters. The minimum absolute atomic E-state index is 0.00114. The van der Waals surface area contributed by atoms with Crippen LogP contribution in [0.5, 0.6) is 0 Å². The van der Waals surface area contributed by atoms with Crippen LogP contribution < -0.4 is 10.0 Å². The Labute approximate surface area is 184 Å². The van der Waals surface area contributed by atoms with Crippen molar-refractivity contribution >= 4 is 15.9 Å². The number of halogens is 1. The van der Waals surface area contributed by atoms with E-state index in [0.717, 1.165) is 43.8 Å². The molecule has 2 aromatic carbocycles. The van der Waals surface area contributed by atoms with Crippen molar-refractivity contribution in [2.75, 3.05) is 26.2 Å². The molecule has 0 spiro atoms. The molecule has 2 N–H and O–H groups in total. The second-order valence-corrected chi connectivity index (χ2v) is 9.14. The molecule has 0 fully saturated rings. The highest BCUT2D eigenvalue weighted by molar-refractivity contribution is 7.89. The Morgan fingerprint density at radius 1 is 0.968 bits per heavy atom. The van der Waals surface area contributed by atoms with E-state index in [0.29, 0.717) is 12.1 Å². The van der Waals surface area contributed by atoms with E-state index < -0.39 is 15.8 Å². The fourth-order valence-corrected chi connectivity index (χ4v) is 4.08. The number of sulfonamides is 1. The van der Waals surface area contributed by atoms with Crippen LogP contribution in [-0.4, -0.2) is 45.4 Å². The molecule has 2 aromatic rings. The van der Waals surface area contributed by atoms with Crippen molar-refractivity contribution in [3.05, 3.63) is 65.5 Å². The second-order valence-electron chi connectivity index (χ2n) is 7.37. The monoisotopic (exact) mass is 449 g/mol. The van der Waals surface area contributed by atoms with Gasteiger partial charge in [-0.15, -0.1) is 0 Å². The van der Waals surface area contributed by atoms with Gasteiger partial charge in [0.1, 0.15) is 5.82 Å². The standard InChI is InChI=1S/C23H32FN3O3S/c1-3-5-16-27(4-2)17-6-15-25-23(28)20-9-7-19(8-10-20)18-26-31(29,30)22-13-11-21(24)12-14-22/h7-14,26H,3-6,15-18H2,1-2H3,(H,25,28). The van der Waals surface area contributed by atoms with E-state index in [4.69, 9.17) is 0 Å². The molecule has 0 radical (unpaired) electrons. The van der Waals surface area contributed by atoms with E-state index in [2.05, 4.69) is 28.8 Å². The molecule has 0 aliphatic carbocycles. The van der Waals surface area contributed by atoms with E-state index in [1.165, 1.54) is 25.0 Å². The summed E-state index contributed by atoms with van der Waals surface area (Å²) in [6, 6.07) is 11.4. The highest BCUT2D eigenvalue weighted by Crippen LogP contribution is 2.11. The Balaban J connectivity index is 1.79. The van der Waals surface area contributed by atoms with Gasteiger partial charge in [0.15, 0.2) is 0 Å². The van der Waals surface area contributed by atoms with Gasteiger partial charge in [0.25, 0.3) is 5.91 Å². The highest BCUT2D eigenvalue weighted by Gasteiger charge is 2.14. The van der Waals surface area contributed by atoms with Gasteiger partial charge in [-0.25, -0.2) is 17.5 Å². The minimum Gasteiger partial charge on any atom is -0.352 e. The number of hydrogen-bond acceptors (Lipinski definition) is 4. The van der Waals surface area contributed by atoms with Crippen molar-refractivity contribution in [2.24, 2.45) is 0 Å². The maximum Gasteiger partial charge on any atom is 0.251 e. The van der Waals surface area contributed by atoms with Crippen LogP contribution in [0.15, 0.2) is 53.4 Å². The summed E-state index contributed by atoms with van der Waals surface area (Å²) in [5, 5.41) is 2.93. The van der Waals surface area contributed by atoms with E-state index in [-0.39, 0.29) is 17.3 Å². The largest absolute Gasteiger partial charge is 0.352 e. The molecule has 0 aromatic heterocycles. The zero-order valence-electron chi connectivity index (χ0n) is 18.2. The van der Waals surface area contributed by atoms with Crippen LogP contribution in [0.2, 0.25) is 0 Å². The first-order valence-corrected chi connectivity index (χ1v) is 12.2. The number of rotatable bonds is 13. The zero-order chi connectivity index (χ0) is 22.7. The molecule has 2 rings (SSSR count). The Kier molecular flexibility index (Phi) is 10.1. The second kappa shape index (κ2) is 12.5. The van der Waals surface area contributed by atoms with Crippen molar-refractivity contribution in [1.29, 1.82) is 0 Å². The normalized spacial score (nSPS) is 11.6. The fraction of sp³-hybridized carbons (Fsp3) is 0.435. The lowest BCUT2D eigenvalue weighted by atomic mass is 10.1. The van der Waals surface area contributed by atoms with Gasteiger partial charge >= 0.3 is 0 Å². The minimum atomic E-state index is -3.73. The summed E-state index contributed by atoms with van der Waals surface area (Å²) in [4.78, 5) is 14.7. The van der Waals surface area contributed by atoms with Gasteiger partial charge in [-0.05, 0) is 74.4 Å². The molecule has 0 unspecified atom stereocenters. The molecule has 8 heteroatoms. The summed E-state index contributed by atoms with van der Waals surface area (Å²) >= 11 is 0. The summed E-state index contributed by atoms with van der Waals surface area (Å²) in [6.07, 6.45) is 3.26. The zero-order valence-corrected chi connectivity index (χ0v) is 19.1. The molecule has 0 aliphatic rings. The first-order valence-electron chi connectivity index (χ1n) is 10.7. The number of unbranched alkanes of at least 4 members (excludes halogenated alkanes) is 1. The molecule has 1 amide bonds. The van der Waals surface area contributed by atoms with Crippen LogP contribution in [0.3, 0.4) is 0 Å². The smallest absolute Gasteiger partial charge is 0.251 e. The van der Waals surface area contributed by atoms with Crippen molar-refractivity contribution in [2.45, 2.75) is 44.6 Å². The third-order valence-corrected chi connectivity index (χ3v) is 6.44. The maximum atomic E-state index is 13.0. The molecule has 0 saturated heterocycles.